The number of hydrogen-bond acceptors (Lipinski definition) is 5. The molecule has 1 aromatic heterocycles. The number of nitrogens with one attached hydrogen (secondary N) is 1. The molecule has 2 amide bonds. The van der Waals surface area contributed by atoms with Crippen molar-refractivity contribution in [2.45, 2.75) is 50.6 Å². The summed E-state index contributed by atoms with van der Waals surface area (Å²) in [6.45, 7) is 1.49. The van der Waals surface area contributed by atoms with Crippen LogP contribution in [0.2, 0.25) is 0 Å². The van der Waals surface area contributed by atoms with Crippen LogP contribution in [-0.4, -0.2) is 47.1 Å². The van der Waals surface area contributed by atoms with Gasteiger partial charge in [0.2, 0.25) is 5.43 Å². The topological polar surface area (TPSA) is 89.9 Å². The minimum absolute atomic E-state index is 0.0412. The molecule has 3 aliphatic heterocycles. The Morgan fingerprint density at radius 2 is 1.81 bits per heavy atom. The van der Waals surface area contributed by atoms with E-state index in [0.29, 0.717) is 24.2 Å². The first-order valence-electron chi connectivity index (χ1n) is 13.6. The molecule has 0 saturated carbocycles. The summed E-state index contributed by atoms with van der Waals surface area (Å²) in [5.74, 6) is -5.01. The lowest BCUT2D eigenvalue weighted by Gasteiger charge is -2.46. The third kappa shape index (κ3) is 4.30. The first kappa shape index (κ1) is 27.8. The van der Waals surface area contributed by atoms with Crippen LogP contribution in [0.3, 0.4) is 0 Å². The number of pyridine rings is 1. The van der Waals surface area contributed by atoms with Gasteiger partial charge in [-0.1, -0.05) is 42.5 Å². The average molecular weight is 580 g/mol. The van der Waals surface area contributed by atoms with Crippen molar-refractivity contribution in [3.63, 3.8) is 0 Å². The lowest BCUT2D eigenvalue weighted by atomic mass is 9.87. The highest BCUT2D eigenvalue weighted by atomic mass is 19.1. The summed E-state index contributed by atoms with van der Waals surface area (Å²) in [5, 5.41) is 2.42. The highest BCUT2D eigenvalue weighted by molar-refractivity contribution is 6.01. The van der Waals surface area contributed by atoms with Crippen LogP contribution in [0.25, 0.3) is 0 Å². The van der Waals surface area contributed by atoms with Gasteiger partial charge in [-0.15, -0.1) is 0 Å². The molecule has 3 atom stereocenters. The largest absolute Gasteiger partial charge is 0.483 e. The Balaban J connectivity index is 1.50. The Kier molecular flexibility index (Phi) is 6.92. The van der Waals surface area contributed by atoms with Crippen molar-refractivity contribution in [2.75, 3.05) is 13.7 Å². The molecular weight excluding hydrogens is 551 g/mol. The molecule has 218 valence electrons. The number of amides is 2. The zero-order valence-corrected chi connectivity index (χ0v) is 23.0. The highest BCUT2D eigenvalue weighted by Crippen LogP contribution is 2.46. The van der Waals surface area contributed by atoms with Crippen LogP contribution in [-0.2, 0) is 29.8 Å². The van der Waals surface area contributed by atoms with Gasteiger partial charge in [0.25, 0.3) is 11.8 Å². The Labute approximate surface area is 239 Å². The molecule has 0 unspecified atom stereocenters. The van der Waals surface area contributed by atoms with Gasteiger partial charge in [-0.2, -0.15) is 0 Å². The highest BCUT2D eigenvalue weighted by Gasteiger charge is 2.55. The van der Waals surface area contributed by atoms with E-state index >= 15 is 0 Å². The summed E-state index contributed by atoms with van der Waals surface area (Å²) in [6, 6.07) is 9.79. The zero-order valence-electron chi connectivity index (χ0n) is 23.0. The molecule has 0 aliphatic carbocycles. The van der Waals surface area contributed by atoms with Gasteiger partial charge in [-0.25, -0.2) is 13.2 Å². The van der Waals surface area contributed by atoms with Gasteiger partial charge in [-0.3, -0.25) is 14.4 Å². The SMILES string of the molecule is CO[C@H]1C=C[C@H](C)N2C[C@]13CCc1c(C(=O)NCc4c(F)cc(F)cc4F)c(=O)c(OCc4ccccc4)c(n13)C2=O. The van der Waals surface area contributed by atoms with E-state index < -0.39 is 58.4 Å². The molecule has 11 heteroatoms. The van der Waals surface area contributed by atoms with E-state index in [9.17, 15) is 27.6 Å². The number of ether oxygens (including phenoxy) is 2. The Bertz CT molecular complexity index is 1670. The van der Waals surface area contributed by atoms with Crippen LogP contribution in [0.5, 0.6) is 5.75 Å². The molecule has 2 bridgehead atoms. The number of halogens is 3. The van der Waals surface area contributed by atoms with E-state index in [1.807, 2.05) is 37.3 Å². The number of aromatic nitrogens is 1. The molecule has 1 N–H and O–H groups in total. The van der Waals surface area contributed by atoms with E-state index in [-0.39, 0.29) is 42.6 Å². The second-order valence-corrected chi connectivity index (χ2v) is 10.8. The Morgan fingerprint density at radius 1 is 1.10 bits per heavy atom. The molecule has 0 fully saturated rings. The lowest BCUT2D eigenvalue weighted by molar-refractivity contribution is -0.00179. The molecule has 2 aromatic carbocycles. The third-order valence-electron chi connectivity index (χ3n) is 8.40. The third-order valence-corrected chi connectivity index (χ3v) is 8.40. The van der Waals surface area contributed by atoms with Crippen molar-refractivity contribution in [3.05, 3.63) is 110 Å². The van der Waals surface area contributed by atoms with Gasteiger partial charge in [0.1, 0.15) is 35.7 Å². The maximum absolute atomic E-state index is 14.3. The summed E-state index contributed by atoms with van der Waals surface area (Å²) in [5.41, 5.74) is -1.36. The number of rotatable bonds is 7. The summed E-state index contributed by atoms with van der Waals surface area (Å²) in [6.07, 6.45) is 4.02. The number of nitrogens with zero attached hydrogens (tertiary/aromatic N) is 2. The van der Waals surface area contributed by atoms with Gasteiger partial charge in [0.15, 0.2) is 11.4 Å². The van der Waals surface area contributed by atoms with Crippen molar-refractivity contribution in [2.24, 2.45) is 0 Å². The van der Waals surface area contributed by atoms with E-state index in [2.05, 4.69) is 5.32 Å². The predicted molar refractivity (Wildman–Crippen MR) is 146 cm³/mol. The number of carbonyl (C=O) groups is 2. The Morgan fingerprint density at radius 3 is 2.50 bits per heavy atom. The fourth-order valence-corrected chi connectivity index (χ4v) is 6.35. The van der Waals surface area contributed by atoms with Gasteiger partial charge < -0.3 is 24.3 Å². The van der Waals surface area contributed by atoms with E-state index in [4.69, 9.17) is 9.47 Å². The van der Waals surface area contributed by atoms with E-state index in [0.717, 1.165) is 5.56 Å². The summed E-state index contributed by atoms with van der Waals surface area (Å²) in [4.78, 5) is 43.3. The molecule has 8 nitrogen and oxygen atoms in total. The van der Waals surface area contributed by atoms with Crippen molar-refractivity contribution in [1.82, 2.24) is 14.8 Å². The molecule has 3 aromatic rings. The van der Waals surface area contributed by atoms with Crippen LogP contribution in [0.15, 0.2) is 59.4 Å². The standard InChI is InChI=1S/C31H28F3N3O5/c1-17-8-9-24(41-2)31-11-10-23-25(29(39)35-14-20-21(33)12-19(32)13-22(20)34)27(38)28(42-15-18-6-4-3-5-7-18)26(37(23)31)30(40)36(17)16-31/h3-9,12-13,17,24H,10-11,14-16H2,1-2H3,(H,35,39)/t17-,24-,31+/m0/s1. The monoisotopic (exact) mass is 579 g/mol. The van der Waals surface area contributed by atoms with Crippen molar-refractivity contribution in [3.8, 4) is 5.75 Å². The zero-order chi connectivity index (χ0) is 29.8. The van der Waals surface area contributed by atoms with Crippen molar-refractivity contribution in [1.29, 1.82) is 0 Å². The van der Waals surface area contributed by atoms with Gasteiger partial charge in [0.05, 0.1) is 5.54 Å². The molecule has 1 spiro atoms. The number of hydrogen-bond donors (Lipinski definition) is 1. The van der Waals surface area contributed by atoms with E-state index in [1.54, 1.807) is 28.7 Å². The van der Waals surface area contributed by atoms with Crippen molar-refractivity contribution < 1.29 is 32.2 Å². The number of methoxy groups -OCH3 is 1. The average Bonchev–Trinajstić information content (AvgIpc) is 3.27. The molecule has 4 heterocycles. The van der Waals surface area contributed by atoms with Crippen LogP contribution < -0.4 is 15.5 Å². The van der Waals surface area contributed by atoms with Crippen LogP contribution in [0.1, 0.15) is 51.0 Å². The minimum atomic E-state index is -1.17. The number of fused-ring (bicyclic) bond motifs is 1. The quantitative estimate of drug-likeness (QED) is 0.430. The van der Waals surface area contributed by atoms with Gasteiger partial charge in [0, 0.05) is 49.6 Å². The second-order valence-electron chi connectivity index (χ2n) is 10.8. The van der Waals surface area contributed by atoms with Crippen LogP contribution >= 0.6 is 0 Å². The second kappa shape index (κ2) is 10.5. The smallest absolute Gasteiger partial charge is 0.275 e. The molecule has 3 aliphatic rings. The minimum Gasteiger partial charge on any atom is -0.483 e. The van der Waals surface area contributed by atoms with E-state index in [1.165, 1.54) is 0 Å². The van der Waals surface area contributed by atoms with Gasteiger partial charge in [-0.05, 0) is 25.3 Å². The predicted octanol–water partition coefficient (Wildman–Crippen LogP) is 3.85. The van der Waals surface area contributed by atoms with Crippen molar-refractivity contribution >= 4 is 11.8 Å². The molecular formula is C31H28F3N3O5. The molecule has 0 radical (unpaired) electrons. The first-order chi connectivity index (χ1) is 20.2. The number of benzene rings is 2. The normalized spacial score (nSPS) is 22.1. The van der Waals surface area contributed by atoms with Crippen LogP contribution in [0, 0.1) is 17.5 Å². The first-order valence-corrected chi connectivity index (χ1v) is 13.6. The molecule has 42 heavy (non-hydrogen) atoms. The van der Waals surface area contributed by atoms with Crippen LogP contribution in [0.4, 0.5) is 13.2 Å². The lowest BCUT2D eigenvalue weighted by Crippen LogP contribution is -2.59. The maximum Gasteiger partial charge on any atom is 0.275 e. The fraction of sp³-hybridized carbons (Fsp3) is 0.323. The fourth-order valence-electron chi connectivity index (χ4n) is 6.35. The Hall–Kier alpha value is -4.38. The summed E-state index contributed by atoms with van der Waals surface area (Å²) >= 11 is 0. The molecule has 0 saturated heterocycles. The summed E-state index contributed by atoms with van der Waals surface area (Å²) in [7, 11) is 1.56. The molecule has 6 rings (SSSR count). The van der Waals surface area contributed by atoms with Gasteiger partial charge >= 0.3 is 0 Å². The summed E-state index contributed by atoms with van der Waals surface area (Å²) < 4.78 is 55.7. The maximum atomic E-state index is 14.3. The number of carbonyl (C=O) groups excluding carboxylic acids is 2.